The average Bonchev–Trinajstić information content (AvgIpc) is 2.63. The van der Waals surface area contributed by atoms with Crippen molar-refractivity contribution in [1.82, 2.24) is 0 Å². The molecule has 0 aromatic carbocycles. The van der Waals surface area contributed by atoms with Crippen molar-refractivity contribution in [2.24, 2.45) is 5.92 Å². The van der Waals surface area contributed by atoms with Gasteiger partial charge >= 0.3 is 0 Å². The number of ether oxygens (including phenoxy) is 2. The minimum absolute atomic E-state index is 0.0786. The number of halogens is 1. The van der Waals surface area contributed by atoms with Gasteiger partial charge in [0.1, 0.15) is 0 Å². The quantitative estimate of drug-likeness (QED) is 0.678. The molecule has 14 heavy (non-hydrogen) atoms. The van der Waals surface area contributed by atoms with Gasteiger partial charge in [-0.3, -0.25) is 0 Å². The van der Waals surface area contributed by atoms with E-state index in [4.69, 9.17) is 21.1 Å². The Labute approximate surface area is 90.9 Å². The molecule has 2 nitrogen and oxygen atoms in total. The fraction of sp³-hybridized carbons (Fsp3) is 1.00. The second-order valence-electron chi connectivity index (χ2n) is 4.52. The molecule has 0 aromatic rings. The summed E-state index contributed by atoms with van der Waals surface area (Å²) in [5, 5.41) is 0. The summed E-state index contributed by atoms with van der Waals surface area (Å²) in [7, 11) is 0. The molecule has 0 radical (unpaired) electrons. The average molecular weight is 219 g/mol. The van der Waals surface area contributed by atoms with Crippen LogP contribution in [-0.2, 0) is 9.47 Å². The van der Waals surface area contributed by atoms with E-state index in [1.54, 1.807) is 0 Å². The van der Waals surface area contributed by atoms with Crippen LogP contribution >= 0.6 is 11.6 Å². The zero-order valence-electron chi connectivity index (χ0n) is 8.64. The van der Waals surface area contributed by atoms with E-state index in [0.29, 0.717) is 0 Å². The minimum Gasteiger partial charge on any atom is -0.378 e. The Morgan fingerprint density at radius 2 is 2.29 bits per heavy atom. The van der Waals surface area contributed by atoms with E-state index in [9.17, 15) is 0 Å². The molecule has 0 N–H and O–H groups in total. The van der Waals surface area contributed by atoms with Crippen molar-refractivity contribution in [2.75, 3.05) is 25.7 Å². The molecule has 82 valence electrons. The van der Waals surface area contributed by atoms with Crippen molar-refractivity contribution in [3.8, 4) is 0 Å². The minimum atomic E-state index is 0.0786. The maximum Gasteiger partial charge on any atom is 0.0939 e. The molecule has 2 aliphatic rings. The Morgan fingerprint density at radius 3 is 3.00 bits per heavy atom. The summed E-state index contributed by atoms with van der Waals surface area (Å²) >= 11 is 5.72. The fourth-order valence-corrected chi connectivity index (χ4v) is 2.76. The highest BCUT2D eigenvalue weighted by molar-refractivity contribution is 6.17. The van der Waals surface area contributed by atoms with E-state index >= 15 is 0 Å². The first-order valence-corrected chi connectivity index (χ1v) is 6.16. The van der Waals surface area contributed by atoms with Gasteiger partial charge in [-0.15, -0.1) is 11.6 Å². The number of hydrogen-bond donors (Lipinski definition) is 0. The van der Waals surface area contributed by atoms with Gasteiger partial charge in [-0.1, -0.05) is 0 Å². The summed E-state index contributed by atoms with van der Waals surface area (Å²) in [5.74, 6) is 1.60. The van der Waals surface area contributed by atoms with Gasteiger partial charge in [0, 0.05) is 25.5 Å². The van der Waals surface area contributed by atoms with Crippen molar-refractivity contribution >= 4 is 11.6 Å². The van der Waals surface area contributed by atoms with Crippen LogP contribution < -0.4 is 0 Å². The Morgan fingerprint density at radius 1 is 1.36 bits per heavy atom. The van der Waals surface area contributed by atoms with Crippen LogP contribution in [0.15, 0.2) is 0 Å². The zero-order valence-corrected chi connectivity index (χ0v) is 9.39. The maximum absolute atomic E-state index is 5.88. The van der Waals surface area contributed by atoms with Gasteiger partial charge < -0.3 is 9.47 Å². The van der Waals surface area contributed by atoms with Crippen molar-refractivity contribution in [3.63, 3.8) is 0 Å². The van der Waals surface area contributed by atoms with Crippen LogP contribution in [0.25, 0.3) is 0 Å². The van der Waals surface area contributed by atoms with E-state index in [0.717, 1.165) is 44.5 Å². The standard InChI is InChI=1S/C11H19ClO2/c12-5-1-2-10-3-6-14-11(8-10)4-7-13-9-11/h10H,1-9H2. The molecule has 2 fully saturated rings. The lowest BCUT2D eigenvalue weighted by Crippen LogP contribution is -2.40. The highest BCUT2D eigenvalue weighted by Gasteiger charge is 2.40. The highest BCUT2D eigenvalue weighted by Crippen LogP contribution is 2.37. The van der Waals surface area contributed by atoms with Crippen LogP contribution in [0, 0.1) is 5.92 Å². The molecular weight excluding hydrogens is 200 g/mol. The molecule has 2 atom stereocenters. The Bertz CT molecular complexity index is 178. The number of alkyl halides is 1. The van der Waals surface area contributed by atoms with Gasteiger partial charge in [0.25, 0.3) is 0 Å². The lowest BCUT2D eigenvalue weighted by Gasteiger charge is -2.37. The molecular formula is C11H19ClO2. The molecule has 0 aromatic heterocycles. The SMILES string of the molecule is ClCCCC1CCOC2(CCOC2)C1. The summed E-state index contributed by atoms with van der Waals surface area (Å²) in [4.78, 5) is 0. The van der Waals surface area contributed by atoms with Gasteiger partial charge in [-0.25, -0.2) is 0 Å². The van der Waals surface area contributed by atoms with E-state index < -0.39 is 0 Å². The van der Waals surface area contributed by atoms with Crippen molar-refractivity contribution in [2.45, 2.75) is 37.7 Å². The monoisotopic (exact) mass is 218 g/mol. The first kappa shape index (κ1) is 10.7. The molecule has 2 unspecified atom stereocenters. The molecule has 2 rings (SSSR count). The van der Waals surface area contributed by atoms with Crippen LogP contribution in [0.4, 0.5) is 0 Å². The predicted octanol–water partition coefficient (Wildman–Crippen LogP) is 2.59. The zero-order chi connectivity index (χ0) is 9.86. The van der Waals surface area contributed by atoms with Crippen LogP contribution in [0.1, 0.15) is 32.1 Å². The van der Waals surface area contributed by atoms with E-state index in [2.05, 4.69) is 0 Å². The van der Waals surface area contributed by atoms with Crippen LogP contribution in [0.2, 0.25) is 0 Å². The highest BCUT2D eigenvalue weighted by atomic mass is 35.5. The first-order valence-electron chi connectivity index (χ1n) is 5.62. The molecule has 0 saturated carbocycles. The Balaban J connectivity index is 1.83. The molecule has 3 heteroatoms. The second kappa shape index (κ2) is 4.82. The van der Waals surface area contributed by atoms with Crippen LogP contribution in [0.5, 0.6) is 0 Å². The third kappa shape index (κ3) is 2.41. The van der Waals surface area contributed by atoms with E-state index in [1.165, 1.54) is 19.3 Å². The van der Waals surface area contributed by atoms with Crippen molar-refractivity contribution in [1.29, 1.82) is 0 Å². The van der Waals surface area contributed by atoms with Gasteiger partial charge in [0.05, 0.1) is 12.2 Å². The Hall–Kier alpha value is 0.210. The summed E-state index contributed by atoms with van der Waals surface area (Å²) in [6, 6.07) is 0. The third-order valence-electron chi connectivity index (χ3n) is 3.41. The molecule has 0 aliphatic carbocycles. The van der Waals surface area contributed by atoms with Gasteiger partial charge in [0.2, 0.25) is 0 Å². The van der Waals surface area contributed by atoms with Gasteiger partial charge in [-0.2, -0.15) is 0 Å². The lowest BCUT2D eigenvalue weighted by atomic mass is 9.83. The summed E-state index contributed by atoms with van der Waals surface area (Å²) < 4.78 is 11.3. The second-order valence-corrected chi connectivity index (χ2v) is 4.90. The molecule has 0 bridgehead atoms. The lowest BCUT2D eigenvalue weighted by molar-refractivity contribution is -0.0988. The van der Waals surface area contributed by atoms with Crippen molar-refractivity contribution in [3.05, 3.63) is 0 Å². The number of rotatable bonds is 3. The molecule has 0 amide bonds. The van der Waals surface area contributed by atoms with Gasteiger partial charge in [-0.05, 0) is 31.6 Å². The normalized spacial score (nSPS) is 37.9. The Kier molecular flexibility index (Phi) is 3.69. The molecule has 2 aliphatic heterocycles. The van der Waals surface area contributed by atoms with Crippen molar-refractivity contribution < 1.29 is 9.47 Å². The number of hydrogen-bond acceptors (Lipinski definition) is 2. The molecule has 2 saturated heterocycles. The van der Waals surface area contributed by atoms with Gasteiger partial charge in [0.15, 0.2) is 0 Å². The van der Waals surface area contributed by atoms with Crippen LogP contribution in [-0.4, -0.2) is 31.3 Å². The predicted molar refractivity (Wildman–Crippen MR) is 56.8 cm³/mol. The third-order valence-corrected chi connectivity index (χ3v) is 3.68. The van der Waals surface area contributed by atoms with Crippen LogP contribution in [0.3, 0.4) is 0 Å². The molecule has 2 heterocycles. The fourth-order valence-electron chi connectivity index (χ4n) is 2.60. The summed E-state index contributed by atoms with van der Waals surface area (Å²) in [6.45, 7) is 2.60. The molecule has 1 spiro atoms. The topological polar surface area (TPSA) is 18.5 Å². The van der Waals surface area contributed by atoms with E-state index in [-0.39, 0.29) is 5.60 Å². The smallest absolute Gasteiger partial charge is 0.0939 e. The van der Waals surface area contributed by atoms with E-state index in [1.807, 2.05) is 0 Å². The maximum atomic E-state index is 5.88. The summed E-state index contributed by atoms with van der Waals surface area (Å²) in [5.41, 5.74) is 0.0786. The first-order chi connectivity index (χ1) is 6.85. The summed E-state index contributed by atoms with van der Waals surface area (Å²) in [6.07, 6.45) is 5.88. The largest absolute Gasteiger partial charge is 0.378 e.